The van der Waals surface area contributed by atoms with Gasteiger partial charge in [-0.05, 0) is 23.6 Å². The second-order valence-corrected chi connectivity index (χ2v) is 8.72. The van der Waals surface area contributed by atoms with Crippen LogP contribution in [0.1, 0.15) is 0 Å². The first kappa shape index (κ1) is 19.7. The highest BCUT2D eigenvalue weighted by Crippen LogP contribution is 2.36. The number of carbonyl (C=O) groups is 1. The Morgan fingerprint density at radius 1 is 1.16 bits per heavy atom. The molecule has 0 bridgehead atoms. The van der Waals surface area contributed by atoms with E-state index in [-0.39, 0.29) is 11.7 Å². The van der Waals surface area contributed by atoms with Crippen LogP contribution in [0.4, 0.5) is 5.69 Å². The predicted octanol–water partition coefficient (Wildman–Crippen LogP) is 5.18. The zero-order valence-electron chi connectivity index (χ0n) is 16.8. The number of furan rings is 1. The molecule has 0 unspecified atom stereocenters. The fraction of sp³-hybridized carbons (Fsp3) is 0.136. The van der Waals surface area contributed by atoms with Gasteiger partial charge in [0.1, 0.15) is 16.9 Å². The standard InChI is InChI=1S/C22H18N4O3S2/c1-26-21(19-8-5-9-30-19)24-25-22(26)31-12-20(27)23-15-11-17-14(10-18(15)28-2)13-6-3-4-7-16(13)29-17/h3-11H,12H2,1-2H3,(H,23,27). The number of para-hydroxylation sites is 1. The Hall–Kier alpha value is -3.30. The van der Waals surface area contributed by atoms with Crippen molar-refractivity contribution in [1.29, 1.82) is 0 Å². The Labute approximate surface area is 186 Å². The van der Waals surface area contributed by atoms with E-state index in [0.29, 0.717) is 22.2 Å². The van der Waals surface area contributed by atoms with Crippen LogP contribution in [-0.2, 0) is 11.8 Å². The summed E-state index contributed by atoms with van der Waals surface area (Å²) in [5.74, 6) is 1.39. The minimum absolute atomic E-state index is 0.167. The molecule has 0 atom stereocenters. The number of carbonyl (C=O) groups excluding carboxylic acids is 1. The summed E-state index contributed by atoms with van der Waals surface area (Å²) >= 11 is 2.93. The Balaban J connectivity index is 1.34. The third kappa shape index (κ3) is 3.66. The van der Waals surface area contributed by atoms with Crippen LogP contribution in [0.2, 0.25) is 0 Å². The van der Waals surface area contributed by atoms with E-state index in [0.717, 1.165) is 27.1 Å². The van der Waals surface area contributed by atoms with E-state index in [1.54, 1.807) is 24.5 Å². The summed E-state index contributed by atoms with van der Waals surface area (Å²) in [4.78, 5) is 13.7. The quantitative estimate of drug-likeness (QED) is 0.359. The van der Waals surface area contributed by atoms with Gasteiger partial charge in [0.15, 0.2) is 11.0 Å². The highest BCUT2D eigenvalue weighted by atomic mass is 32.2. The van der Waals surface area contributed by atoms with Crippen LogP contribution in [0.25, 0.3) is 32.6 Å². The molecule has 0 aliphatic heterocycles. The number of aromatic nitrogens is 3. The molecule has 7 nitrogen and oxygen atoms in total. The average molecular weight is 451 g/mol. The highest BCUT2D eigenvalue weighted by molar-refractivity contribution is 7.99. The third-order valence-electron chi connectivity index (χ3n) is 4.88. The molecule has 5 aromatic rings. The second-order valence-electron chi connectivity index (χ2n) is 6.83. The van der Waals surface area contributed by atoms with Crippen molar-refractivity contribution in [3.8, 4) is 16.5 Å². The number of anilines is 1. The zero-order valence-corrected chi connectivity index (χ0v) is 18.4. The number of hydrogen-bond acceptors (Lipinski definition) is 7. The summed E-state index contributed by atoms with van der Waals surface area (Å²) in [6.45, 7) is 0. The van der Waals surface area contributed by atoms with E-state index < -0.39 is 0 Å². The summed E-state index contributed by atoms with van der Waals surface area (Å²) in [6, 6.07) is 15.5. The fourth-order valence-corrected chi connectivity index (χ4v) is 4.85. The first-order valence-electron chi connectivity index (χ1n) is 9.49. The van der Waals surface area contributed by atoms with Gasteiger partial charge in [-0.25, -0.2) is 0 Å². The number of hydrogen-bond donors (Lipinski definition) is 1. The average Bonchev–Trinajstić information content (AvgIpc) is 3.50. The SMILES string of the molecule is COc1cc2c(cc1NC(=O)CSc1nnc(-c3cccs3)n1C)oc1ccccc12. The van der Waals surface area contributed by atoms with Gasteiger partial charge in [0.2, 0.25) is 5.91 Å². The predicted molar refractivity (Wildman–Crippen MR) is 124 cm³/mol. The highest BCUT2D eigenvalue weighted by Gasteiger charge is 2.16. The molecule has 1 amide bonds. The molecule has 0 saturated heterocycles. The van der Waals surface area contributed by atoms with Crippen molar-refractivity contribution in [2.75, 3.05) is 18.2 Å². The van der Waals surface area contributed by atoms with E-state index in [4.69, 9.17) is 9.15 Å². The van der Waals surface area contributed by atoms with Crippen LogP contribution in [0.5, 0.6) is 5.75 Å². The maximum absolute atomic E-state index is 12.6. The molecule has 3 aromatic heterocycles. The number of fused-ring (bicyclic) bond motifs is 3. The number of rotatable bonds is 6. The van der Waals surface area contributed by atoms with Crippen molar-refractivity contribution in [3.05, 3.63) is 53.9 Å². The minimum Gasteiger partial charge on any atom is -0.495 e. The largest absolute Gasteiger partial charge is 0.495 e. The number of methoxy groups -OCH3 is 1. The van der Waals surface area contributed by atoms with Crippen LogP contribution in [-0.4, -0.2) is 33.5 Å². The van der Waals surface area contributed by atoms with Crippen LogP contribution >= 0.6 is 23.1 Å². The molecule has 1 N–H and O–H groups in total. The van der Waals surface area contributed by atoms with Gasteiger partial charge in [0, 0.05) is 23.9 Å². The molecule has 0 aliphatic carbocycles. The third-order valence-corrected chi connectivity index (χ3v) is 6.77. The molecule has 3 heterocycles. The maximum atomic E-state index is 12.6. The Morgan fingerprint density at radius 3 is 2.84 bits per heavy atom. The lowest BCUT2D eigenvalue weighted by Gasteiger charge is -2.10. The van der Waals surface area contributed by atoms with Gasteiger partial charge in [-0.1, -0.05) is 36.0 Å². The molecule has 31 heavy (non-hydrogen) atoms. The number of ether oxygens (including phenoxy) is 1. The van der Waals surface area contributed by atoms with Crippen LogP contribution in [0.3, 0.4) is 0 Å². The molecule has 2 aromatic carbocycles. The van der Waals surface area contributed by atoms with E-state index in [2.05, 4.69) is 15.5 Å². The summed E-state index contributed by atoms with van der Waals surface area (Å²) in [5, 5.41) is 16.0. The molecule has 156 valence electrons. The van der Waals surface area contributed by atoms with Crippen LogP contribution in [0, 0.1) is 0 Å². The van der Waals surface area contributed by atoms with Gasteiger partial charge < -0.3 is 19.0 Å². The van der Waals surface area contributed by atoms with E-state index in [1.165, 1.54) is 11.8 Å². The van der Waals surface area contributed by atoms with Crippen molar-refractivity contribution in [2.45, 2.75) is 5.16 Å². The summed E-state index contributed by atoms with van der Waals surface area (Å²) in [6.07, 6.45) is 0. The zero-order chi connectivity index (χ0) is 21.4. The lowest BCUT2D eigenvalue weighted by Crippen LogP contribution is -2.15. The molecule has 0 fully saturated rings. The Morgan fingerprint density at radius 2 is 2.03 bits per heavy atom. The van der Waals surface area contributed by atoms with Gasteiger partial charge in [0.25, 0.3) is 0 Å². The van der Waals surface area contributed by atoms with Gasteiger partial charge in [-0.3, -0.25) is 4.79 Å². The van der Waals surface area contributed by atoms with Crippen LogP contribution in [0.15, 0.2) is 63.5 Å². The van der Waals surface area contributed by atoms with Gasteiger partial charge >= 0.3 is 0 Å². The van der Waals surface area contributed by atoms with E-state index >= 15 is 0 Å². The number of nitrogens with one attached hydrogen (secondary N) is 1. The first-order chi connectivity index (χ1) is 15.1. The second kappa shape index (κ2) is 8.09. The summed E-state index contributed by atoms with van der Waals surface area (Å²) in [5.41, 5.74) is 2.05. The normalized spacial score (nSPS) is 11.3. The molecular weight excluding hydrogens is 432 g/mol. The Bertz CT molecular complexity index is 1390. The minimum atomic E-state index is -0.167. The van der Waals surface area contributed by atoms with Crippen molar-refractivity contribution >= 4 is 56.6 Å². The molecule has 9 heteroatoms. The van der Waals surface area contributed by atoms with Gasteiger partial charge in [0.05, 0.1) is 23.4 Å². The fourth-order valence-electron chi connectivity index (χ4n) is 3.40. The van der Waals surface area contributed by atoms with Crippen LogP contribution < -0.4 is 10.1 Å². The van der Waals surface area contributed by atoms with Gasteiger partial charge in [-0.2, -0.15) is 0 Å². The lowest BCUT2D eigenvalue weighted by molar-refractivity contribution is -0.113. The van der Waals surface area contributed by atoms with E-state index in [1.807, 2.05) is 59.5 Å². The number of nitrogens with zero attached hydrogens (tertiary/aromatic N) is 3. The monoisotopic (exact) mass is 450 g/mol. The number of thiophene rings is 1. The molecule has 5 rings (SSSR count). The molecule has 0 aliphatic rings. The number of benzene rings is 2. The Kier molecular flexibility index (Phi) is 5.13. The van der Waals surface area contributed by atoms with E-state index in [9.17, 15) is 4.79 Å². The van der Waals surface area contributed by atoms with Crippen molar-refractivity contribution in [3.63, 3.8) is 0 Å². The maximum Gasteiger partial charge on any atom is 0.234 e. The number of amides is 1. The topological polar surface area (TPSA) is 82.2 Å². The summed E-state index contributed by atoms with van der Waals surface area (Å²) in [7, 11) is 3.48. The molecule has 0 radical (unpaired) electrons. The molecule has 0 saturated carbocycles. The smallest absolute Gasteiger partial charge is 0.234 e. The number of thioether (sulfide) groups is 1. The first-order valence-corrected chi connectivity index (χ1v) is 11.4. The van der Waals surface area contributed by atoms with Gasteiger partial charge in [-0.15, -0.1) is 21.5 Å². The van der Waals surface area contributed by atoms with Crippen molar-refractivity contribution in [1.82, 2.24) is 14.8 Å². The molecular formula is C22H18N4O3S2. The summed E-state index contributed by atoms with van der Waals surface area (Å²) < 4.78 is 13.3. The lowest BCUT2D eigenvalue weighted by atomic mass is 10.1. The molecule has 0 spiro atoms. The van der Waals surface area contributed by atoms with Crippen molar-refractivity contribution in [2.24, 2.45) is 7.05 Å². The van der Waals surface area contributed by atoms with Crippen molar-refractivity contribution < 1.29 is 13.9 Å².